The summed E-state index contributed by atoms with van der Waals surface area (Å²) in [5.74, 6) is -0.501. The predicted octanol–water partition coefficient (Wildman–Crippen LogP) is 3.33. The van der Waals surface area contributed by atoms with Gasteiger partial charge in [-0.1, -0.05) is 23.2 Å². The molecule has 0 bridgehead atoms. The molecular formula is C9H10Cl2FN. The lowest BCUT2D eigenvalue weighted by atomic mass is 9.95. The fourth-order valence-electron chi connectivity index (χ4n) is 1.02. The third-order valence-corrected chi connectivity index (χ3v) is 2.18. The molecule has 4 heteroatoms. The molecule has 1 aromatic rings. The number of nitrogens with two attached hydrogens (primary N) is 1. The zero-order valence-electron chi connectivity index (χ0n) is 7.37. The maximum Gasteiger partial charge on any atom is 0.146 e. The highest BCUT2D eigenvalue weighted by Crippen LogP contribution is 2.29. The molecule has 2 N–H and O–H groups in total. The fraction of sp³-hybridized carbons (Fsp3) is 0.333. The molecule has 0 saturated carbocycles. The van der Waals surface area contributed by atoms with Gasteiger partial charge < -0.3 is 5.73 Å². The minimum atomic E-state index is -0.779. The van der Waals surface area contributed by atoms with Crippen molar-refractivity contribution in [1.82, 2.24) is 0 Å². The van der Waals surface area contributed by atoms with Gasteiger partial charge in [0, 0.05) is 16.1 Å². The lowest BCUT2D eigenvalue weighted by Crippen LogP contribution is -2.30. The maximum atomic E-state index is 13.4. The van der Waals surface area contributed by atoms with E-state index in [0.29, 0.717) is 10.6 Å². The SMILES string of the molecule is CC(C)(N)c1cc(Cl)cc(Cl)c1F. The van der Waals surface area contributed by atoms with Gasteiger partial charge in [-0.3, -0.25) is 0 Å². The van der Waals surface area contributed by atoms with Gasteiger partial charge in [0.05, 0.1) is 5.02 Å². The third kappa shape index (κ3) is 2.33. The van der Waals surface area contributed by atoms with Crippen LogP contribution in [0.3, 0.4) is 0 Å². The van der Waals surface area contributed by atoms with E-state index in [1.807, 2.05) is 0 Å². The quantitative estimate of drug-likeness (QED) is 0.724. The van der Waals surface area contributed by atoms with Crippen molar-refractivity contribution >= 4 is 23.2 Å². The molecule has 1 aromatic carbocycles. The lowest BCUT2D eigenvalue weighted by Gasteiger charge is -2.20. The Bertz CT molecular complexity index is 331. The second kappa shape index (κ2) is 3.45. The monoisotopic (exact) mass is 221 g/mol. The van der Waals surface area contributed by atoms with Crippen molar-refractivity contribution in [3.8, 4) is 0 Å². The molecule has 13 heavy (non-hydrogen) atoms. The summed E-state index contributed by atoms with van der Waals surface area (Å²) in [5, 5.41) is 0.390. The number of hydrogen-bond donors (Lipinski definition) is 1. The zero-order chi connectivity index (χ0) is 10.2. The number of rotatable bonds is 1. The second-order valence-electron chi connectivity index (χ2n) is 3.47. The van der Waals surface area contributed by atoms with Crippen LogP contribution in [0.15, 0.2) is 12.1 Å². The van der Waals surface area contributed by atoms with Crippen molar-refractivity contribution in [2.45, 2.75) is 19.4 Å². The van der Waals surface area contributed by atoms with Gasteiger partial charge in [-0.15, -0.1) is 0 Å². The van der Waals surface area contributed by atoms with Crippen LogP contribution in [0.25, 0.3) is 0 Å². The summed E-state index contributed by atoms with van der Waals surface area (Å²) >= 11 is 11.3. The van der Waals surface area contributed by atoms with E-state index in [2.05, 4.69) is 0 Å². The topological polar surface area (TPSA) is 26.0 Å². The Hall–Kier alpha value is -0.310. The molecule has 0 aliphatic heterocycles. The van der Waals surface area contributed by atoms with E-state index in [-0.39, 0.29) is 5.02 Å². The van der Waals surface area contributed by atoms with Crippen LogP contribution in [0.1, 0.15) is 19.4 Å². The molecule has 0 heterocycles. The number of benzene rings is 1. The zero-order valence-corrected chi connectivity index (χ0v) is 8.88. The van der Waals surface area contributed by atoms with Crippen molar-refractivity contribution in [2.24, 2.45) is 5.73 Å². The summed E-state index contributed by atoms with van der Waals surface area (Å²) in [7, 11) is 0. The molecule has 0 atom stereocenters. The van der Waals surface area contributed by atoms with E-state index < -0.39 is 11.4 Å². The van der Waals surface area contributed by atoms with Gasteiger partial charge in [-0.2, -0.15) is 0 Å². The Labute approximate surface area is 86.6 Å². The van der Waals surface area contributed by atoms with Gasteiger partial charge >= 0.3 is 0 Å². The summed E-state index contributed by atoms with van der Waals surface area (Å²) in [6.45, 7) is 3.39. The summed E-state index contributed by atoms with van der Waals surface area (Å²) in [6.07, 6.45) is 0. The Balaban J connectivity index is 3.37. The van der Waals surface area contributed by atoms with Gasteiger partial charge in [0.25, 0.3) is 0 Å². The molecule has 0 amide bonds. The summed E-state index contributed by atoms with van der Waals surface area (Å²) < 4.78 is 13.4. The Kier molecular flexibility index (Phi) is 2.85. The van der Waals surface area contributed by atoms with Crippen LogP contribution in [0, 0.1) is 5.82 Å². The summed E-state index contributed by atoms with van der Waals surface area (Å²) in [4.78, 5) is 0. The van der Waals surface area contributed by atoms with E-state index >= 15 is 0 Å². The largest absolute Gasteiger partial charge is 0.322 e. The first-order valence-electron chi connectivity index (χ1n) is 3.76. The molecule has 1 rings (SSSR count). The highest BCUT2D eigenvalue weighted by atomic mass is 35.5. The normalized spacial score (nSPS) is 11.8. The molecule has 0 aromatic heterocycles. The van der Waals surface area contributed by atoms with Gasteiger partial charge in [0.1, 0.15) is 5.82 Å². The van der Waals surface area contributed by atoms with Crippen LogP contribution in [0.4, 0.5) is 4.39 Å². The van der Waals surface area contributed by atoms with Gasteiger partial charge in [-0.05, 0) is 26.0 Å². The molecule has 0 saturated heterocycles. The highest BCUT2D eigenvalue weighted by Gasteiger charge is 2.21. The maximum absolute atomic E-state index is 13.4. The Morgan fingerprint density at radius 3 is 2.31 bits per heavy atom. The third-order valence-electron chi connectivity index (χ3n) is 1.69. The Morgan fingerprint density at radius 1 is 1.31 bits per heavy atom. The molecule has 0 spiro atoms. The molecule has 0 aliphatic rings. The number of hydrogen-bond acceptors (Lipinski definition) is 1. The van der Waals surface area contributed by atoms with Crippen molar-refractivity contribution in [3.63, 3.8) is 0 Å². The molecule has 0 fully saturated rings. The smallest absolute Gasteiger partial charge is 0.146 e. The van der Waals surface area contributed by atoms with Gasteiger partial charge in [0.15, 0.2) is 0 Å². The minimum Gasteiger partial charge on any atom is -0.322 e. The molecule has 0 unspecified atom stereocenters. The minimum absolute atomic E-state index is 0.000949. The van der Waals surface area contributed by atoms with Crippen LogP contribution in [-0.4, -0.2) is 0 Å². The Morgan fingerprint density at radius 2 is 1.85 bits per heavy atom. The van der Waals surface area contributed by atoms with E-state index in [1.54, 1.807) is 13.8 Å². The van der Waals surface area contributed by atoms with Crippen molar-refractivity contribution in [2.75, 3.05) is 0 Å². The fourth-order valence-corrected chi connectivity index (χ4v) is 1.52. The summed E-state index contributed by atoms with van der Waals surface area (Å²) in [5.41, 5.74) is 5.28. The van der Waals surface area contributed by atoms with Gasteiger partial charge in [0.2, 0.25) is 0 Å². The van der Waals surface area contributed by atoms with Crippen molar-refractivity contribution in [1.29, 1.82) is 0 Å². The predicted molar refractivity (Wildman–Crippen MR) is 53.6 cm³/mol. The first-order chi connectivity index (χ1) is 5.82. The first-order valence-corrected chi connectivity index (χ1v) is 4.52. The average Bonchev–Trinajstić information content (AvgIpc) is 1.94. The van der Waals surface area contributed by atoms with E-state index in [9.17, 15) is 4.39 Å². The summed E-state index contributed by atoms with van der Waals surface area (Å²) in [6, 6.07) is 2.84. The molecule has 0 aliphatic carbocycles. The van der Waals surface area contributed by atoms with Crippen LogP contribution in [-0.2, 0) is 5.54 Å². The van der Waals surface area contributed by atoms with Gasteiger partial charge in [-0.25, -0.2) is 4.39 Å². The van der Waals surface area contributed by atoms with Crippen LogP contribution < -0.4 is 5.73 Å². The standard InChI is InChI=1S/C9H10Cl2FN/c1-9(2,13)6-3-5(10)4-7(11)8(6)12/h3-4H,13H2,1-2H3. The first kappa shape index (κ1) is 10.8. The van der Waals surface area contributed by atoms with Crippen LogP contribution in [0.5, 0.6) is 0 Å². The molecule has 1 nitrogen and oxygen atoms in total. The van der Waals surface area contributed by atoms with E-state index in [1.165, 1.54) is 12.1 Å². The van der Waals surface area contributed by atoms with E-state index in [4.69, 9.17) is 28.9 Å². The molecule has 0 radical (unpaired) electrons. The highest BCUT2D eigenvalue weighted by molar-refractivity contribution is 6.34. The molecular weight excluding hydrogens is 212 g/mol. The second-order valence-corrected chi connectivity index (χ2v) is 4.31. The lowest BCUT2D eigenvalue weighted by molar-refractivity contribution is 0.502. The molecule has 72 valence electrons. The van der Waals surface area contributed by atoms with E-state index in [0.717, 1.165) is 0 Å². The van der Waals surface area contributed by atoms with Crippen LogP contribution in [0.2, 0.25) is 10.0 Å². The number of halogens is 3. The van der Waals surface area contributed by atoms with Crippen molar-refractivity contribution < 1.29 is 4.39 Å². The average molecular weight is 222 g/mol. The van der Waals surface area contributed by atoms with Crippen molar-refractivity contribution in [3.05, 3.63) is 33.6 Å². The van der Waals surface area contributed by atoms with Crippen LogP contribution >= 0.6 is 23.2 Å².